The fraction of sp³-hybridized carbons (Fsp3) is 0.106. The van der Waals surface area contributed by atoms with Crippen molar-refractivity contribution in [1.82, 2.24) is 10.6 Å². The molecule has 4 aliphatic rings. The predicted molar refractivity (Wildman–Crippen MR) is 239 cm³/mol. The lowest BCUT2D eigenvalue weighted by molar-refractivity contribution is 0.0686. The van der Waals surface area contributed by atoms with Gasteiger partial charge < -0.3 is 40.1 Å². The zero-order chi connectivity index (χ0) is 44.7. The number of amides is 2. The minimum absolute atomic E-state index is 0.000340. The van der Waals surface area contributed by atoms with Gasteiger partial charge in [0.2, 0.25) is 0 Å². The number of phenolic OH excluding ortho intramolecular Hbond substituents is 1. The van der Waals surface area contributed by atoms with Crippen molar-refractivity contribution in [2.24, 2.45) is 4.99 Å². The molecule has 0 saturated heterocycles. The largest absolute Gasteiger partial charge is 0.508 e. The third kappa shape index (κ3) is 7.89. The van der Waals surface area contributed by atoms with Crippen LogP contribution in [0.5, 0.6) is 5.75 Å². The van der Waals surface area contributed by atoms with E-state index in [9.17, 15) is 39.3 Å². The quantitative estimate of drug-likeness (QED) is 0.0533. The number of phenols is 1. The highest BCUT2D eigenvalue weighted by Crippen LogP contribution is 2.47. The molecule has 63 heavy (non-hydrogen) atoms. The molecule has 0 spiro atoms. The number of fused-ring (bicyclic) bond motifs is 4. The van der Waals surface area contributed by atoms with Gasteiger partial charge >= 0.3 is 11.9 Å². The molecule has 0 bridgehead atoms. The minimum Gasteiger partial charge on any atom is -0.508 e. The number of aromatic carboxylic acids is 2. The van der Waals surface area contributed by atoms with E-state index in [1.165, 1.54) is 54.6 Å². The van der Waals surface area contributed by atoms with Gasteiger partial charge in [-0.1, -0.05) is 29.3 Å². The highest BCUT2D eigenvalue weighted by Gasteiger charge is 2.30. The van der Waals surface area contributed by atoms with E-state index >= 15 is 0 Å². The summed E-state index contributed by atoms with van der Waals surface area (Å²) in [4.78, 5) is 69.0. The average Bonchev–Trinajstić information content (AvgIpc) is 3.26. The van der Waals surface area contributed by atoms with Gasteiger partial charge in [0.25, 0.3) is 11.8 Å². The Bertz CT molecular complexity index is 3290. The van der Waals surface area contributed by atoms with E-state index in [0.717, 1.165) is 5.69 Å². The lowest BCUT2D eigenvalue weighted by Crippen LogP contribution is -2.35. The number of halogens is 2. The summed E-state index contributed by atoms with van der Waals surface area (Å²) < 4.78 is 12.2. The molecule has 6 N–H and O–H groups in total. The van der Waals surface area contributed by atoms with Crippen molar-refractivity contribution in [3.05, 3.63) is 145 Å². The van der Waals surface area contributed by atoms with Gasteiger partial charge in [0.1, 0.15) is 28.4 Å². The zero-order valence-electron chi connectivity index (χ0n) is 33.3. The van der Waals surface area contributed by atoms with E-state index in [-0.39, 0.29) is 73.5 Å². The van der Waals surface area contributed by atoms with E-state index in [0.29, 0.717) is 56.3 Å². The van der Waals surface area contributed by atoms with Crippen LogP contribution in [-0.2, 0) is 0 Å². The monoisotopic (exact) mass is 884 g/mol. The van der Waals surface area contributed by atoms with Crippen molar-refractivity contribution in [1.29, 1.82) is 0 Å². The topological polar surface area (TPSA) is 221 Å². The molecule has 0 unspecified atom stereocenters. The molecule has 4 aromatic carbocycles. The van der Waals surface area contributed by atoms with E-state index in [1.807, 2.05) is 13.0 Å². The standard InChI is InChI=1S/C47H34Cl2N4O10/c1-3-51-24-6-11-31-36(18-24)62-35-17-23(50-2)5-10-30(35)40(31)41-34(48)21-33(43(49)42(41)47(60)61)45(57)53-15-14-52-44(56)22-4-9-27(32(16-22)46(58)59)39-28-12-7-25(54)19-37(28)63-38-20-26(55)8-13-29(38)39/h4-13,16-21,51,54H,3,14-15H2,1-2H3,(H,52,56)(H,53,57)(H,58,59)(H,60,61). The summed E-state index contributed by atoms with van der Waals surface area (Å²) in [5.41, 5.74) is 2.34. The molecule has 2 aliphatic carbocycles. The van der Waals surface area contributed by atoms with Gasteiger partial charge in [0.05, 0.1) is 32.1 Å². The molecule has 0 atom stereocenters. The molecule has 2 aliphatic heterocycles. The Balaban J connectivity index is 1.05. The minimum atomic E-state index is -1.43. The maximum atomic E-state index is 13.6. The molecule has 2 amide bonds. The lowest BCUT2D eigenvalue weighted by Gasteiger charge is -2.20. The number of carbonyl (C=O) groups is 4. The number of benzene rings is 6. The van der Waals surface area contributed by atoms with Crippen molar-refractivity contribution in [3.8, 4) is 50.7 Å². The maximum absolute atomic E-state index is 13.6. The predicted octanol–water partition coefficient (Wildman–Crippen LogP) is 8.61. The summed E-state index contributed by atoms with van der Waals surface area (Å²) in [6.07, 6.45) is 0. The van der Waals surface area contributed by atoms with Crippen molar-refractivity contribution < 1.29 is 43.3 Å². The molecule has 2 heterocycles. The Morgan fingerprint density at radius 3 is 2.03 bits per heavy atom. The number of carboxylic acid groups (broad SMARTS) is 2. The first-order valence-corrected chi connectivity index (χ1v) is 20.1. The lowest BCUT2D eigenvalue weighted by atomic mass is 9.89. The van der Waals surface area contributed by atoms with Crippen LogP contribution in [0.15, 0.2) is 116 Å². The summed E-state index contributed by atoms with van der Waals surface area (Å²) in [6, 6.07) is 24.5. The number of anilines is 1. The Morgan fingerprint density at radius 1 is 0.667 bits per heavy atom. The van der Waals surface area contributed by atoms with Crippen molar-refractivity contribution in [3.63, 3.8) is 0 Å². The first-order chi connectivity index (χ1) is 30.3. The van der Waals surface area contributed by atoms with Crippen molar-refractivity contribution in [2.45, 2.75) is 6.92 Å². The fourth-order valence-electron chi connectivity index (χ4n) is 7.62. The molecule has 0 radical (unpaired) electrons. The van der Waals surface area contributed by atoms with Crippen molar-refractivity contribution >= 4 is 74.6 Å². The van der Waals surface area contributed by atoms with Crippen LogP contribution in [-0.4, -0.2) is 65.8 Å². The number of hydrogen-bond acceptors (Lipinski definition) is 10. The van der Waals surface area contributed by atoms with E-state index in [2.05, 4.69) is 20.9 Å². The number of nitrogens with one attached hydrogen (secondary N) is 3. The molecule has 8 rings (SSSR count). The van der Waals surface area contributed by atoms with Gasteiger partial charge in [-0.15, -0.1) is 0 Å². The van der Waals surface area contributed by atoms with Crippen LogP contribution in [0.3, 0.4) is 0 Å². The molecule has 4 aromatic rings. The van der Waals surface area contributed by atoms with Gasteiger partial charge in [-0.25, -0.2) is 9.59 Å². The van der Waals surface area contributed by atoms with Gasteiger partial charge in [-0.05, 0) is 79.2 Å². The van der Waals surface area contributed by atoms with Gasteiger partial charge in [0.15, 0.2) is 5.43 Å². The number of aromatic hydroxyl groups is 1. The maximum Gasteiger partial charge on any atom is 0.337 e. The van der Waals surface area contributed by atoms with Crippen LogP contribution in [0.2, 0.25) is 10.0 Å². The highest BCUT2D eigenvalue weighted by atomic mass is 35.5. The third-order valence-corrected chi connectivity index (χ3v) is 11.1. The normalized spacial score (nSPS) is 11.7. The second-order valence-corrected chi connectivity index (χ2v) is 15.1. The molecule has 14 nitrogen and oxygen atoms in total. The first kappa shape index (κ1) is 42.0. The average molecular weight is 886 g/mol. The number of carboxylic acids is 2. The van der Waals surface area contributed by atoms with Crippen LogP contribution in [0.1, 0.15) is 48.4 Å². The molecule has 16 heteroatoms. The first-order valence-electron chi connectivity index (χ1n) is 19.3. The molecule has 316 valence electrons. The Kier molecular flexibility index (Phi) is 11.3. The van der Waals surface area contributed by atoms with Gasteiger partial charge in [-0.3, -0.25) is 19.4 Å². The van der Waals surface area contributed by atoms with Crippen LogP contribution in [0.25, 0.3) is 66.8 Å². The zero-order valence-corrected chi connectivity index (χ0v) is 34.8. The van der Waals surface area contributed by atoms with E-state index < -0.39 is 29.3 Å². The molecule has 0 fully saturated rings. The Hall–Kier alpha value is -7.68. The fourth-order valence-corrected chi connectivity index (χ4v) is 8.23. The molecular formula is C47H34Cl2N4O10. The van der Waals surface area contributed by atoms with Gasteiger partial charge in [-0.2, -0.15) is 0 Å². The number of nitrogens with zero attached hydrogens (tertiary/aromatic N) is 1. The summed E-state index contributed by atoms with van der Waals surface area (Å²) in [7, 11) is 1.63. The molecule has 0 saturated carbocycles. The van der Waals surface area contributed by atoms with E-state index in [4.69, 9.17) is 32.0 Å². The van der Waals surface area contributed by atoms with Crippen LogP contribution in [0, 0.1) is 0 Å². The molecule has 0 aromatic heterocycles. The summed E-state index contributed by atoms with van der Waals surface area (Å²) in [5, 5.41) is 40.7. The van der Waals surface area contributed by atoms with E-state index in [1.54, 1.807) is 43.4 Å². The Labute approximate surface area is 366 Å². The second kappa shape index (κ2) is 17.0. The SMILES string of the molecule is CCNc1ccc2c(-c3c(Cl)cc(C(=O)NCCNC(=O)c4ccc(-c5c6ccc(=O)cc-6oc6cc(O)ccc56)c(C(=O)O)c4)c(Cl)c3C(=O)O)c3ccc(=NC)cc-3oc2c1. The second-order valence-electron chi connectivity index (χ2n) is 14.3. The third-order valence-electron chi connectivity index (χ3n) is 10.4. The Morgan fingerprint density at radius 2 is 1.32 bits per heavy atom. The van der Waals surface area contributed by atoms with Crippen molar-refractivity contribution in [2.75, 3.05) is 32.0 Å². The summed E-state index contributed by atoms with van der Waals surface area (Å²) in [6.45, 7) is 2.34. The smallest absolute Gasteiger partial charge is 0.337 e. The van der Waals surface area contributed by atoms with Crippen LogP contribution >= 0.6 is 23.2 Å². The summed E-state index contributed by atoms with van der Waals surface area (Å²) in [5.74, 6) is -3.70. The van der Waals surface area contributed by atoms with Gasteiger partial charge in [0, 0.05) is 101 Å². The molecular weight excluding hydrogens is 851 g/mol. The van der Waals surface area contributed by atoms with Crippen LogP contribution < -0.4 is 26.7 Å². The number of carbonyl (C=O) groups excluding carboxylic acids is 2. The highest BCUT2D eigenvalue weighted by molar-refractivity contribution is 6.41. The number of hydrogen-bond donors (Lipinski definition) is 6. The summed E-state index contributed by atoms with van der Waals surface area (Å²) >= 11 is 13.7. The van der Waals surface area contributed by atoms with Crippen LogP contribution in [0.4, 0.5) is 5.69 Å². The number of rotatable bonds is 11.